The van der Waals surface area contributed by atoms with E-state index >= 15 is 0 Å². The molecule has 3 rings (SSSR count). The molecular weight excluding hydrogens is 247 g/mol. The second-order valence-electron chi connectivity index (χ2n) is 4.83. The fourth-order valence-corrected chi connectivity index (χ4v) is 3.70. The molecule has 1 heterocycles. The van der Waals surface area contributed by atoms with Crippen LogP contribution in [-0.2, 0) is 6.42 Å². The van der Waals surface area contributed by atoms with Gasteiger partial charge in [-0.15, -0.1) is 11.3 Å². The molecule has 18 heavy (non-hydrogen) atoms. The average Bonchev–Trinajstić information content (AvgIpc) is 2.72. The largest absolute Gasteiger partial charge is 0.375 e. The second-order valence-corrected chi connectivity index (χ2v) is 5.90. The van der Waals surface area contributed by atoms with Crippen molar-refractivity contribution in [1.82, 2.24) is 4.98 Å². The van der Waals surface area contributed by atoms with Gasteiger partial charge in [-0.2, -0.15) is 0 Å². The molecule has 0 radical (unpaired) electrons. The first-order chi connectivity index (χ1) is 8.65. The molecule has 1 aromatic heterocycles. The number of rotatable bonds is 1. The molecule has 2 aromatic rings. The van der Waals surface area contributed by atoms with Gasteiger partial charge in [-0.1, -0.05) is 17.7 Å². The molecular formula is C14H15FN2S. The summed E-state index contributed by atoms with van der Waals surface area (Å²) in [5.41, 5.74) is 8.73. The molecule has 1 aliphatic carbocycles. The molecule has 1 aromatic carbocycles. The van der Waals surface area contributed by atoms with E-state index in [0.29, 0.717) is 5.13 Å². The Bertz CT molecular complexity index is 591. The van der Waals surface area contributed by atoms with Crippen LogP contribution >= 0.6 is 11.3 Å². The van der Waals surface area contributed by atoms with Crippen molar-refractivity contribution in [3.8, 4) is 0 Å². The van der Waals surface area contributed by atoms with Gasteiger partial charge in [0.05, 0.1) is 5.69 Å². The number of benzene rings is 1. The summed E-state index contributed by atoms with van der Waals surface area (Å²) in [6, 6.07) is 5.32. The topological polar surface area (TPSA) is 38.9 Å². The average molecular weight is 262 g/mol. The van der Waals surface area contributed by atoms with E-state index in [2.05, 4.69) is 4.98 Å². The summed E-state index contributed by atoms with van der Waals surface area (Å²) in [6.07, 6.45) is 3.00. The number of halogens is 1. The van der Waals surface area contributed by atoms with Crippen molar-refractivity contribution < 1.29 is 4.39 Å². The van der Waals surface area contributed by atoms with Crippen molar-refractivity contribution >= 4 is 16.5 Å². The summed E-state index contributed by atoms with van der Waals surface area (Å²) in [5.74, 6) is 0.00821. The molecule has 0 fully saturated rings. The summed E-state index contributed by atoms with van der Waals surface area (Å²) in [4.78, 5) is 5.51. The van der Waals surface area contributed by atoms with E-state index in [0.717, 1.165) is 41.0 Å². The van der Waals surface area contributed by atoms with Gasteiger partial charge in [0.25, 0.3) is 0 Å². The summed E-state index contributed by atoms with van der Waals surface area (Å²) in [5, 5.41) is 0.597. The molecule has 1 unspecified atom stereocenters. The number of anilines is 1. The summed E-state index contributed by atoms with van der Waals surface area (Å²) >= 11 is 1.51. The number of fused-ring (bicyclic) bond motifs is 1. The molecule has 0 aliphatic heterocycles. The van der Waals surface area contributed by atoms with Gasteiger partial charge in [-0.05, 0) is 37.8 Å². The number of hydrogen-bond donors (Lipinski definition) is 1. The third-order valence-electron chi connectivity index (χ3n) is 3.49. The Morgan fingerprint density at radius 3 is 3.11 bits per heavy atom. The predicted octanol–water partition coefficient (Wildman–Crippen LogP) is 3.64. The van der Waals surface area contributed by atoms with Gasteiger partial charge in [0.1, 0.15) is 5.82 Å². The number of aromatic nitrogens is 1. The summed E-state index contributed by atoms with van der Waals surface area (Å²) < 4.78 is 14.0. The van der Waals surface area contributed by atoms with Crippen LogP contribution in [0.4, 0.5) is 9.52 Å². The molecule has 2 nitrogen and oxygen atoms in total. The fraction of sp³-hybridized carbons (Fsp3) is 0.357. The Kier molecular flexibility index (Phi) is 2.82. The summed E-state index contributed by atoms with van der Waals surface area (Å²) in [6.45, 7) is 1.99. The monoisotopic (exact) mass is 262 g/mol. The Balaban J connectivity index is 2.10. The first kappa shape index (κ1) is 11.7. The molecule has 2 N–H and O–H groups in total. The number of hydrogen-bond acceptors (Lipinski definition) is 3. The van der Waals surface area contributed by atoms with Gasteiger partial charge < -0.3 is 5.73 Å². The third kappa shape index (κ3) is 1.90. The molecule has 0 spiro atoms. The Morgan fingerprint density at radius 1 is 1.44 bits per heavy atom. The second kappa shape index (κ2) is 4.35. The quantitative estimate of drug-likeness (QED) is 0.852. The van der Waals surface area contributed by atoms with Crippen LogP contribution < -0.4 is 5.73 Å². The SMILES string of the molecule is Cc1ccc(F)c(C2CCCc3nc(N)sc32)c1. The minimum Gasteiger partial charge on any atom is -0.375 e. The van der Waals surface area contributed by atoms with Gasteiger partial charge in [0, 0.05) is 10.8 Å². The van der Waals surface area contributed by atoms with E-state index in [1.807, 2.05) is 19.1 Å². The van der Waals surface area contributed by atoms with Crippen LogP contribution in [0.3, 0.4) is 0 Å². The summed E-state index contributed by atoms with van der Waals surface area (Å²) in [7, 11) is 0. The van der Waals surface area contributed by atoms with Crippen molar-refractivity contribution in [3.05, 3.63) is 45.7 Å². The highest BCUT2D eigenvalue weighted by molar-refractivity contribution is 7.15. The van der Waals surface area contributed by atoms with E-state index in [1.165, 1.54) is 11.3 Å². The molecule has 0 saturated heterocycles. The first-order valence-corrected chi connectivity index (χ1v) is 6.98. The third-order valence-corrected chi connectivity index (χ3v) is 4.53. The van der Waals surface area contributed by atoms with Gasteiger partial charge in [0.2, 0.25) is 0 Å². The van der Waals surface area contributed by atoms with Crippen molar-refractivity contribution in [2.24, 2.45) is 0 Å². The highest BCUT2D eigenvalue weighted by Gasteiger charge is 2.27. The van der Waals surface area contributed by atoms with Crippen LogP contribution in [0, 0.1) is 12.7 Å². The van der Waals surface area contributed by atoms with E-state index in [-0.39, 0.29) is 11.7 Å². The number of thiazole rings is 1. The highest BCUT2D eigenvalue weighted by Crippen LogP contribution is 2.41. The van der Waals surface area contributed by atoms with E-state index in [1.54, 1.807) is 6.07 Å². The normalized spacial score (nSPS) is 18.7. The smallest absolute Gasteiger partial charge is 0.180 e. The van der Waals surface area contributed by atoms with Gasteiger partial charge in [0.15, 0.2) is 5.13 Å². The molecule has 94 valence electrons. The van der Waals surface area contributed by atoms with Crippen molar-refractivity contribution in [3.63, 3.8) is 0 Å². The predicted molar refractivity (Wildman–Crippen MR) is 72.4 cm³/mol. The Labute approximate surface area is 110 Å². The lowest BCUT2D eigenvalue weighted by molar-refractivity contribution is 0.560. The zero-order chi connectivity index (χ0) is 12.7. The molecule has 0 bridgehead atoms. The van der Waals surface area contributed by atoms with Crippen molar-refractivity contribution in [2.45, 2.75) is 32.1 Å². The van der Waals surface area contributed by atoms with Crippen LogP contribution in [0.15, 0.2) is 18.2 Å². The maximum absolute atomic E-state index is 14.0. The van der Waals surface area contributed by atoms with E-state index in [9.17, 15) is 4.39 Å². The lowest BCUT2D eigenvalue weighted by Gasteiger charge is -2.22. The maximum atomic E-state index is 14.0. The van der Waals surface area contributed by atoms with Crippen LogP contribution in [0.2, 0.25) is 0 Å². The van der Waals surface area contributed by atoms with Gasteiger partial charge in [-0.25, -0.2) is 9.37 Å². The van der Waals surface area contributed by atoms with E-state index < -0.39 is 0 Å². The zero-order valence-corrected chi connectivity index (χ0v) is 11.1. The van der Waals surface area contributed by atoms with Crippen molar-refractivity contribution in [1.29, 1.82) is 0 Å². The molecule has 0 saturated carbocycles. The first-order valence-electron chi connectivity index (χ1n) is 6.16. The van der Waals surface area contributed by atoms with Crippen LogP contribution in [0.1, 0.15) is 40.5 Å². The van der Waals surface area contributed by atoms with Crippen LogP contribution in [0.5, 0.6) is 0 Å². The lowest BCUT2D eigenvalue weighted by Crippen LogP contribution is -2.10. The Hall–Kier alpha value is -1.42. The number of nitrogens with zero attached hydrogens (tertiary/aromatic N) is 1. The standard InChI is InChI=1S/C14H15FN2S/c1-8-5-6-11(15)10(7-8)9-3-2-4-12-13(9)18-14(16)17-12/h5-7,9H,2-4H2,1H3,(H2,16,17). The zero-order valence-electron chi connectivity index (χ0n) is 10.2. The van der Waals surface area contributed by atoms with Crippen LogP contribution in [0.25, 0.3) is 0 Å². The van der Waals surface area contributed by atoms with E-state index in [4.69, 9.17) is 5.73 Å². The van der Waals surface area contributed by atoms with Gasteiger partial charge >= 0.3 is 0 Å². The van der Waals surface area contributed by atoms with Crippen molar-refractivity contribution in [2.75, 3.05) is 5.73 Å². The van der Waals surface area contributed by atoms with Gasteiger partial charge in [-0.3, -0.25) is 0 Å². The minimum atomic E-state index is -0.120. The molecule has 0 amide bonds. The minimum absolute atomic E-state index is 0.120. The highest BCUT2D eigenvalue weighted by atomic mass is 32.1. The number of nitrogens with two attached hydrogens (primary N) is 1. The Morgan fingerprint density at radius 2 is 2.28 bits per heavy atom. The fourth-order valence-electron chi connectivity index (χ4n) is 2.67. The number of nitrogen functional groups attached to an aromatic ring is 1. The number of aryl methyl sites for hydroxylation is 2. The molecule has 1 atom stereocenters. The molecule has 1 aliphatic rings. The lowest BCUT2D eigenvalue weighted by atomic mass is 9.85. The molecule has 4 heteroatoms. The van der Waals surface area contributed by atoms with Crippen LogP contribution in [-0.4, -0.2) is 4.98 Å². The maximum Gasteiger partial charge on any atom is 0.180 e.